The lowest BCUT2D eigenvalue weighted by Crippen LogP contribution is -2.20. The van der Waals surface area contributed by atoms with E-state index in [-0.39, 0.29) is 17.2 Å². The summed E-state index contributed by atoms with van der Waals surface area (Å²) in [6.45, 7) is 6.94. The fraction of sp³-hybridized carbons (Fsp3) is 0. The van der Waals surface area contributed by atoms with Crippen molar-refractivity contribution < 1.29 is 9.21 Å². The van der Waals surface area contributed by atoms with Crippen molar-refractivity contribution in [2.45, 2.75) is 0 Å². The van der Waals surface area contributed by atoms with Crippen LogP contribution in [0.4, 0.5) is 11.6 Å². The van der Waals surface area contributed by atoms with Crippen LogP contribution in [-0.4, -0.2) is 15.9 Å². The number of halogens is 1. The summed E-state index contributed by atoms with van der Waals surface area (Å²) in [7, 11) is 0. The average Bonchev–Trinajstić information content (AvgIpc) is 2.94. The van der Waals surface area contributed by atoms with Gasteiger partial charge >= 0.3 is 5.63 Å². The van der Waals surface area contributed by atoms with Gasteiger partial charge in [0.1, 0.15) is 11.1 Å². The SMILES string of the molecule is [C-]#[N+]c1[nH]cnc1NC(=O)c1cc2cc(Br)ccc2oc1=O. The predicted octanol–water partition coefficient (Wildman–Crippen LogP) is 3.08. The number of H-pyrrole nitrogens is 1. The molecule has 0 bridgehead atoms. The van der Waals surface area contributed by atoms with Gasteiger partial charge in [-0.2, -0.15) is 0 Å². The number of carbonyl (C=O) groups excluding carboxylic acids is 1. The number of nitrogens with one attached hydrogen (secondary N) is 2. The zero-order valence-corrected chi connectivity index (χ0v) is 12.5. The molecule has 0 aliphatic heterocycles. The summed E-state index contributed by atoms with van der Waals surface area (Å²) in [6.07, 6.45) is 1.28. The third-order valence-electron chi connectivity index (χ3n) is 2.90. The molecule has 0 atom stereocenters. The van der Waals surface area contributed by atoms with Gasteiger partial charge in [0.25, 0.3) is 11.7 Å². The van der Waals surface area contributed by atoms with Crippen LogP contribution in [0.3, 0.4) is 0 Å². The summed E-state index contributed by atoms with van der Waals surface area (Å²) < 4.78 is 5.91. The molecule has 22 heavy (non-hydrogen) atoms. The van der Waals surface area contributed by atoms with Crippen LogP contribution < -0.4 is 10.9 Å². The Morgan fingerprint density at radius 1 is 1.41 bits per heavy atom. The number of nitrogens with zero attached hydrogens (tertiary/aromatic N) is 2. The third kappa shape index (κ3) is 2.49. The molecule has 7 nitrogen and oxygen atoms in total. The zero-order valence-electron chi connectivity index (χ0n) is 10.9. The summed E-state index contributed by atoms with van der Waals surface area (Å²) in [4.78, 5) is 33.7. The van der Waals surface area contributed by atoms with Gasteiger partial charge in [0.15, 0.2) is 12.1 Å². The van der Waals surface area contributed by atoms with Crippen molar-refractivity contribution in [3.8, 4) is 0 Å². The van der Waals surface area contributed by atoms with Crippen molar-refractivity contribution in [2.24, 2.45) is 0 Å². The molecule has 2 heterocycles. The maximum Gasteiger partial charge on any atom is 0.349 e. The number of amides is 1. The Morgan fingerprint density at radius 3 is 3.00 bits per heavy atom. The molecule has 1 aromatic carbocycles. The molecule has 8 heteroatoms. The molecule has 3 aromatic rings. The van der Waals surface area contributed by atoms with E-state index in [2.05, 4.69) is 36.1 Å². The van der Waals surface area contributed by atoms with Gasteiger partial charge < -0.3 is 14.6 Å². The number of carbonyl (C=O) groups is 1. The second kappa shape index (κ2) is 5.46. The molecule has 0 aliphatic carbocycles. The number of rotatable bonds is 2. The molecular formula is C14H7BrN4O3. The van der Waals surface area contributed by atoms with E-state index in [0.717, 1.165) is 4.47 Å². The Balaban J connectivity index is 2.02. The number of imidazole rings is 1. The number of hydrogen-bond acceptors (Lipinski definition) is 4. The normalized spacial score (nSPS) is 10.4. The van der Waals surface area contributed by atoms with Crippen molar-refractivity contribution in [2.75, 3.05) is 5.32 Å². The van der Waals surface area contributed by atoms with Crippen molar-refractivity contribution in [3.05, 3.63) is 62.5 Å². The van der Waals surface area contributed by atoms with E-state index < -0.39 is 11.5 Å². The molecule has 1 amide bonds. The van der Waals surface area contributed by atoms with Crippen LogP contribution >= 0.6 is 15.9 Å². The van der Waals surface area contributed by atoms with Gasteiger partial charge in [0.2, 0.25) is 0 Å². The highest BCUT2D eigenvalue weighted by molar-refractivity contribution is 9.10. The highest BCUT2D eigenvalue weighted by Gasteiger charge is 2.16. The van der Waals surface area contributed by atoms with E-state index in [4.69, 9.17) is 11.0 Å². The fourth-order valence-electron chi connectivity index (χ4n) is 1.89. The van der Waals surface area contributed by atoms with Crippen LogP contribution in [0.5, 0.6) is 0 Å². The van der Waals surface area contributed by atoms with Gasteiger partial charge in [-0.05, 0) is 24.3 Å². The van der Waals surface area contributed by atoms with Crippen LogP contribution in [0.1, 0.15) is 10.4 Å². The highest BCUT2D eigenvalue weighted by Crippen LogP contribution is 2.21. The molecule has 2 N–H and O–H groups in total. The summed E-state index contributed by atoms with van der Waals surface area (Å²) >= 11 is 3.31. The Bertz CT molecular complexity index is 984. The number of anilines is 1. The fourth-order valence-corrected chi connectivity index (χ4v) is 2.27. The Kier molecular flexibility index (Phi) is 3.48. The first-order valence-electron chi connectivity index (χ1n) is 6.04. The largest absolute Gasteiger partial charge is 0.422 e. The van der Waals surface area contributed by atoms with Gasteiger partial charge in [-0.3, -0.25) is 9.78 Å². The molecule has 0 aliphatic rings. The second-order valence-corrected chi connectivity index (χ2v) is 5.21. The topological polar surface area (TPSA) is 92.3 Å². The number of aromatic amines is 1. The molecule has 3 rings (SSSR count). The van der Waals surface area contributed by atoms with E-state index >= 15 is 0 Å². The van der Waals surface area contributed by atoms with E-state index in [1.54, 1.807) is 18.2 Å². The van der Waals surface area contributed by atoms with Gasteiger partial charge in [0, 0.05) is 9.86 Å². The zero-order chi connectivity index (χ0) is 15.7. The van der Waals surface area contributed by atoms with Crippen molar-refractivity contribution in [3.63, 3.8) is 0 Å². The summed E-state index contributed by atoms with van der Waals surface area (Å²) in [6, 6.07) is 6.53. The van der Waals surface area contributed by atoms with Gasteiger partial charge in [-0.1, -0.05) is 22.5 Å². The predicted molar refractivity (Wildman–Crippen MR) is 83.0 cm³/mol. The molecule has 0 radical (unpaired) electrons. The van der Waals surface area contributed by atoms with Crippen LogP contribution in [0.2, 0.25) is 0 Å². The highest BCUT2D eigenvalue weighted by atomic mass is 79.9. The van der Waals surface area contributed by atoms with E-state index in [1.165, 1.54) is 12.4 Å². The van der Waals surface area contributed by atoms with Crippen LogP contribution in [-0.2, 0) is 0 Å². The standard InChI is InChI=1S/C14H7BrN4O3/c1-16-11-12(18-6-17-11)19-13(20)9-5-7-4-8(15)2-3-10(7)22-14(9)21/h2-6H,(H,17,18)(H,19,20). The number of benzene rings is 1. The lowest BCUT2D eigenvalue weighted by molar-refractivity contribution is 0.102. The first-order valence-corrected chi connectivity index (χ1v) is 6.83. The lowest BCUT2D eigenvalue weighted by atomic mass is 10.2. The smallest absolute Gasteiger partial charge is 0.349 e. The molecule has 0 fully saturated rings. The maximum atomic E-state index is 12.2. The van der Waals surface area contributed by atoms with Gasteiger partial charge in [-0.25, -0.2) is 9.78 Å². The minimum absolute atomic E-state index is 0.0636. The minimum Gasteiger partial charge on any atom is -0.422 e. The Labute approximate surface area is 131 Å². The average molecular weight is 359 g/mol. The van der Waals surface area contributed by atoms with Gasteiger partial charge in [-0.15, -0.1) is 0 Å². The number of aromatic nitrogens is 2. The summed E-state index contributed by atoms with van der Waals surface area (Å²) in [5.41, 5.74) is -0.539. The monoisotopic (exact) mass is 358 g/mol. The van der Waals surface area contributed by atoms with Crippen LogP contribution in [0, 0.1) is 6.57 Å². The van der Waals surface area contributed by atoms with Crippen LogP contribution in [0.25, 0.3) is 15.8 Å². The van der Waals surface area contributed by atoms with Crippen LogP contribution in [0.15, 0.2) is 44.3 Å². The van der Waals surface area contributed by atoms with Crippen molar-refractivity contribution >= 4 is 44.4 Å². The summed E-state index contributed by atoms with van der Waals surface area (Å²) in [5, 5.41) is 3.01. The number of hydrogen-bond donors (Lipinski definition) is 2. The lowest BCUT2D eigenvalue weighted by Gasteiger charge is -2.04. The molecular weight excluding hydrogens is 352 g/mol. The van der Waals surface area contributed by atoms with Gasteiger partial charge in [0.05, 0.1) is 0 Å². The molecule has 2 aromatic heterocycles. The summed E-state index contributed by atoms with van der Waals surface area (Å²) in [5.74, 6) is -0.539. The quantitative estimate of drug-likeness (QED) is 0.543. The van der Waals surface area contributed by atoms with E-state index in [9.17, 15) is 9.59 Å². The first-order chi connectivity index (χ1) is 10.6. The Hall–Kier alpha value is -2.92. The molecule has 0 saturated heterocycles. The van der Waals surface area contributed by atoms with E-state index in [1.807, 2.05) is 0 Å². The second-order valence-electron chi connectivity index (χ2n) is 4.30. The maximum absolute atomic E-state index is 12.2. The third-order valence-corrected chi connectivity index (χ3v) is 3.40. The Morgan fingerprint density at radius 2 is 2.23 bits per heavy atom. The molecule has 108 valence electrons. The molecule has 0 unspecified atom stereocenters. The molecule has 0 saturated carbocycles. The number of fused-ring (bicyclic) bond motifs is 1. The van der Waals surface area contributed by atoms with Crippen molar-refractivity contribution in [1.29, 1.82) is 0 Å². The van der Waals surface area contributed by atoms with E-state index in [0.29, 0.717) is 11.0 Å². The van der Waals surface area contributed by atoms with Crippen molar-refractivity contribution in [1.82, 2.24) is 9.97 Å². The first kappa shape index (κ1) is 14.0. The minimum atomic E-state index is -0.757. The molecule has 0 spiro atoms.